The Morgan fingerprint density at radius 3 is 2.44 bits per heavy atom. The van der Waals surface area contributed by atoms with Gasteiger partial charge in [-0.15, -0.1) is 0 Å². The second-order valence-electron chi connectivity index (χ2n) is 8.36. The molecule has 32 heavy (non-hydrogen) atoms. The lowest BCUT2D eigenvalue weighted by Crippen LogP contribution is -2.36. The molecule has 2 amide bonds. The predicted molar refractivity (Wildman–Crippen MR) is 120 cm³/mol. The molecule has 0 bridgehead atoms. The number of anilines is 1. The van der Waals surface area contributed by atoms with E-state index in [1.807, 2.05) is 36.4 Å². The van der Waals surface area contributed by atoms with Crippen LogP contribution in [0.1, 0.15) is 29.9 Å². The summed E-state index contributed by atoms with van der Waals surface area (Å²) in [5.41, 5.74) is 3.99. The van der Waals surface area contributed by atoms with Gasteiger partial charge in [-0.3, -0.25) is 4.90 Å². The third-order valence-electron chi connectivity index (χ3n) is 6.22. The number of rotatable bonds is 5. The zero-order valence-corrected chi connectivity index (χ0v) is 18.2. The molecule has 0 aliphatic carbocycles. The van der Waals surface area contributed by atoms with Crippen molar-refractivity contribution in [2.45, 2.75) is 38.6 Å². The van der Waals surface area contributed by atoms with E-state index in [1.54, 1.807) is 12.0 Å². The Kier molecular flexibility index (Phi) is 5.87. The average Bonchev–Trinajstić information content (AvgIpc) is 3.47. The SMILES string of the molecule is COC1CCN(Cc2nc(-c3ccc(NC(=O)N4Cc5ccccc5C4)cc3)no2)CC1. The number of nitrogens with zero attached hydrogens (tertiary/aromatic N) is 4. The number of hydrogen-bond donors (Lipinski definition) is 1. The van der Waals surface area contributed by atoms with E-state index in [2.05, 4.69) is 32.5 Å². The van der Waals surface area contributed by atoms with E-state index >= 15 is 0 Å². The molecule has 0 unspecified atom stereocenters. The number of methoxy groups -OCH3 is 1. The summed E-state index contributed by atoms with van der Waals surface area (Å²) >= 11 is 0. The molecule has 1 N–H and O–H groups in total. The number of amides is 2. The van der Waals surface area contributed by atoms with Crippen LogP contribution in [0.25, 0.3) is 11.4 Å². The molecule has 0 spiro atoms. The average molecular weight is 434 g/mol. The standard InChI is InChI=1S/C24H27N5O3/c1-31-21-10-12-28(13-11-21)16-22-26-23(27-32-22)17-6-8-20(9-7-17)25-24(30)29-14-18-4-2-3-5-19(18)15-29/h2-9,21H,10-16H2,1H3,(H,25,30). The van der Waals surface area contributed by atoms with Gasteiger partial charge in [0.05, 0.1) is 12.6 Å². The second-order valence-corrected chi connectivity index (χ2v) is 8.36. The molecule has 0 saturated carbocycles. The largest absolute Gasteiger partial charge is 0.381 e. The third-order valence-corrected chi connectivity index (χ3v) is 6.22. The van der Waals surface area contributed by atoms with Crippen LogP contribution < -0.4 is 5.32 Å². The molecule has 2 aliphatic heterocycles. The highest BCUT2D eigenvalue weighted by Gasteiger charge is 2.23. The highest BCUT2D eigenvalue weighted by Crippen LogP contribution is 2.24. The smallest absolute Gasteiger partial charge is 0.322 e. The number of nitrogens with one attached hydrogen (secondary N) is 1. The first-order chi connectivity index (χ1) is 15.7. The van der Waals surface area contributed by atoms with Gasteiger partial charge in [0.25, 0.3) is 0 Å². The highest BCUT2D eigenvalue weighted by atomic mass is 16.5. The molecule has 8 nitrogen and oxygen atoms in total. The van der Waals surface area contributed by atoms with Crippen LogP contribution in [0.15, 0.2) is 53.1 Å². The molecule has 2 aromatic carbocycles. The van der Waals surface area contributed by atoms with E-state index < -0.39 is 0 Å². The molecular formula is C24H27N5O3. The Morgan fingerprint density at radius 2 is 1.78 bits per heavy atom. The van der Waals surface area contributed by atoms with Crippen LogP contribution in [0.4, 0.5) is 10.5 Å². The van der Waals surface area contributed by atoms with E-state index in [9.17, 15) is 4.79 Å². The number of ether oxygens (including phenoxy) is 1. The molecular weight excluding hydrogens is 406 g/mol. The molecule has 166 valence electrons. The molecule has 0 radical (unpaired) electrons. The highest BCUT2D eigenvalue weighted by molar-refractivity contribution is 5.90. The summed E-state index contributed by atoms with van der Waals surface area (Å²) in [6.45, 7) is 3.85. The fraction of sp³-hybridized carbons (Fsp3) is 0.375. The number of carbonyl (C=O) groups excluding carboxylic acids is 1. The van der Waals surface area contributed by atoms with E-state index in [0.717, 1.165) is 37.2 Å². The van der Waals surface area contributed by atoms with Crippen molar-refractivity contribution in [1.82, 2.24) is 19.9 Å². The third kappa shape index (κ3) is 4.51. The fourth-order valence-corrected chi connectivity index (χ4v) is 4.31. The van der Waals surface area contributed by atoms with Crippen molar-refractivity contribution >= 4 is 11.7 Å². The van der Waals surface area contributed by atoms with Crippen LogP contribution >= 0.6 is 0 Å². The molecule has 0 atom stereocenters. The van der Waals surface area contributed by atoms with Gasteiger partial charge >= 0.3 is 6.03 Å². The van der Waals surface area contributed by atoms with E-state index in [1.165, 1.54) is 11.1 Å². The van der Waals surface area contributed by atoms with E-state index in [0.29, 0.717) is 37.5 Å². The lowest BCUT2D eigenvalue weighted by Gasteiger charge is -2.29. The Bertz CT molecular complexity index is 1050. The first-order valence-electron chi connectivity index (χ1n) is 11.0. The summed E-state index contributed by atoms with van der Waals surface area (Å²) in [7, 11) is 1.77. The fourth-order valence-electron chi connectivity index (χ4n) is 4.31. The van der Waals surface area contributed by atoms with Crippen molar-refractivity contribution in [3.05, 3.63) is 65.5 Å². The summed E-state index contributed by atoms with van der Waals surface area (Å²) in [5, 5.41) is 7.10. The number of hydrogen-bond acceptors (Lipinski definition) is 6. The maximum atomic E-state index is 12.6. The van der Waals surface area contributed by atoms with Crippen molar-refractivity contribution in [3.63, 3.8) is 0 Å². The van der Waals surface area contributed by atoms with Crippen molar-refractivity contribution in [1.29, 1.82) is 0 Å². The van der Waals surface area contributed by atoms with Crippen molar-refractivity contribution in [3.8, 4) is 11.4 Å². The first kappa shape index (κ1) is 20.7. The molecule has 8 heteroatoms. The molecule has 3 heterocycles. The monoisotopic (exact) mass is 433 g/mol. The maximum absolute atomic E-state index is 12.6. The Morgan fingerprint density at radius 1 is 1.09 bits per heavy atom. The van der Waals surface area contributed by atoms with Crippen LogP contribution in [0, 0.1) is 0 Å². The lowest BCUT2D eigenvalue weighted by atomic mass is 10.1. The van der Waals surface area contributed by atoms with Gasteiger partial charge in [0.2, 0.25) is 11.7 Å². The van der Waals surface area contributed by atoms with Gasteiger partial charge in [0.1, 0.15) is 0 Å². The quantitative estimate of drug-likeness (QED) is 0.657. The normalized spacial score (nSPS) is 16.8. The first-order valence-corrected chi connectivity index (χ1v) is 11.0. The van der Waals surface area contributed by atoms with Gasteiger partial charge in [-0.25, -0.2) is 4.79 Å². The molecule has 1 aromatic heterocycles. The minimum Gasteiger partial charge on any atom is -0.381 e. The number of piperidine rings is 1. The van der Waals surface area contributed by atoms with Crippen molar-refractivity contribution < 1.29 is 14.1 Å². The van der Waals surface area contributed by atoms with Crippen molar-refractivity contribution in [2.75, 3.05) is 25.5 Å². The maximum Gasteiger partial charge on any atom is 0.322 e. The molecule has 5 rings (SSSR count). The van der Waals surface area contributed by atoms with E-state index in [4.69, 9.17) is 9.26 Å². The number of carbonyl (C=O) groups is 1. The van der Waals surface area contributed by atoms with Gasteiger partial charge in [-0.05, 0) is 48.2 Å². The van der Waals surface area contributed by atoms with Crippen LogP contribution in [-0.2, 0) is 24.4 Å². The Labute approximate surface area is 187 Å². The zero-order chi connectivity index (χ0) is 21.9. The zero-order valence-electron chi connectivity index (χ0n) is 18.2. The summed E-state index contributed by atoms with van der Waals surface area (Å²) in [5.74, 6) is 1.17. The van der Waals surface area contributed by atoms with Crippen molar-refractivity contribution in [2.24, 2.45) is 0 Å². The predicted octanol–water partition coefficient (Wildman–Crippen LogP) is 3.90. The number of fused-ring (bicyclic) bond motifs is 1. The minimum absolute atomic E-state index is 0.104. The van der Waals surface area contributed by atoms with Gasteiger partial charge in [-0.2, -0.15) is 4.98 Å². The summed E-state index contributed by atoms with van der Waals surface area (Å²) in [6, 6.07) is 15.6. The Balaban J connectivity index is 1.16. The molecule has 3 aromatic rings. The lowest BCUT2D eigenvalue weighted by molar-refractivity contribution is 0.0359. The minimum atomic E-state index is -0.104. The Hall–Kier alpha value is -3.23. The second kappa shape index (κ2) is 9.10. The van der Waals surface area contributed by atoms with Gasteiger partial charge in [-0.1, -0.05) is 29.4 Å². The topological polar surface area (TPSA) is 83.7 Å². The number of aromatic nitrogens is 2. The van der Waals surface area contributed by atoms with Crippen LogP contribution in [0.5, 0.6) is 0 Å². The number of urea groups is 1. The number of benzene rings is 2. The van der Waals surface area contributed by atoms with Gasteiger partial charge in [0, 0.05) is 44.5 Å². The van der Waals surface area contributed by atoms with Crippen LogP contribution in [0.3, 0.4) is 0 Å². The van der Waals surface area contributed by atoms with Crippen LogP contribution in [0.2, 0.25) is 0 Å². The van der Waals surface area contributed by atoms with Gasteiger partial charge < -0.3 is 19.5 Å². The molecule has 1 saturated heterocycles. The summed E-state index contributed by atoms with van der Waals surface area (Å²) in [4.78, 5) is 21.3. The summed E-state index contributed by atoms with van der Waals surface area (Å²) in [6.07, 6.45) is 2.40. The molecule has 1 fully saturated rings. The van der Waals surface area contributed by atoms with Crippen LogP contribution in [-0.4, -0.2) is 52.3 Å². The summed E-state index contributed by atoms with van der Waals surface area (Å²) < 4.78 is 10.9. The van der Waals surface area contributed by atoms with E-state index in [-0.39, 0.29) is 6.03 Å². The number of likely N-dealkylation sites (tertiary alicyclic amines) is 1. The molecule has 2 aliphatic rings. The van der Waals surface area contributed by atoms with Gasteiger partial charge in [0.15, 0.2) is 0 Å².